The minimum atomic E-state index is -4.75. The molecule has 2 aromatic carbocycles. The van der Waals surface area contributed by atoms with Gasteiger partial charge in [0.2, 0.25) is 0 Å². The number of hydrogen-bond donors (Lipinski definition) is 2. The second-order valence-corrected chi connectivity index (χ2v) is 5.70. The van der Waals surface area contributed by atoms with Crippen LogP contribution in [0.3, 0.4) is 0 Å². The maximum atomic E-state index is 13.0. The molecule has 1 atom stereocenters. The van der Waals surface area contributed by atoms with Gasteiger partial charge >= 0.3 is 6.18 Å². The Labute approximate surface area is 147 Å². The first-order valence-electron chi connectivity index (χ1n) is 7.46. The molecule has 0 aliphatic heterocycles. The second kappa shape index (κ2) is 7.45. The molecule has 0 bridgehead atoms. The number of halogens is 3. The van der Waals surface area contributed by atoms with Crippen LogP contribution in [0.2, 0.25) is 0 Å². The summed E-state index contributed by atoms with van der Waals surface area (Å²) in [7, 11) is 0. The molecule has 0 spiro atoms. The van der Waals surface area contributed by atoms with Gasteiger partial charge in [-0.2, -0.15) is 18.4 Å². The highest BCUT2D eigenvalue weighted by atomic mass is 19.4. The predicted octanol–water partition coefficient (Wildman–Crippen LogP) is 3.35. The average molecular weight is 364 g/mol. The molecule has 2 rings (SSSR count). The number of alkyl halides is 3. The molecule has 0 saturated carbocycles. The van der Waals surface area contributed by atoms with E-state index >= 15 is 0 Å². The van der Waals surface area contributed by atoms with Crippen molar-refractivity contribution < 1.29 is 27.8 Å². The molecule has 0 aliphatic rings. The van der Waals surface area contributed by atoms with Crippen LogP contribution in [-0.4, -0.2) is 23.2 Å². The first-order valence-corrected chi connectivity index (χ1v) is 7.46. The highest BCUT2D eigenvalue weighted by molar-refractivity contribution is 5.97. The summed E-state index contributed by atoms with van der Waals surface area (Å²) < 4.78 is 44.2. The summed E-state index contributed by atoms with van der Waals surface area (Å²) in [6.45, 7) is 0.783. The highest BCUT2D eigenvalue weighted by Crippen LogP contribution is 2.33. The van der Waals surface area contributed by atoms with Crippen LogP contribution in [0.5, 0.6) is 5.75 Å². The summed E-state index contributed by atoms with van der Waals surface area (Å²) in [5.74, 6) is -0.510. The Bertz CT molecular complexity index is 828. The number of anilines is 1. The van der Waals surface area contributed by atoms with E-state index in [-0.39, 0.29) is 5.69 Å². The maximum Gasteiger partial charge on any atom is 0.417 e. The number of carbonyl (C=O) groups is 1. The molecule has 5 nitrogen and oxygen atoms in total. The SMILES string of the molecule is CC(O)(COc1ccccc1)C(=O)Nc1ccc(C#N)c(C(F)(F)F)c1. The summed E-state index contributed by atoms with van der Waals surface area (Å²) in [5, 5.41) is 21.2. The first-order chi connectivity index (χ1) is 12.1. The van der Waals surface area contributed by atoms with Crippen molar-refractivity contribution in [3.05, 3.63) is 59.7 Å². The van der Waals surface area contributed by atoms with Crippen molar-refractivity contribution in [3.63, 3.8) is 0 Å². The van der Waals surface area contributed by atoms with E-state index in [0.29, 0.717) is 11.8 Å². The first kappa shape index (κ1) is 19.3. The van der Waals surface area contributed by atoms with Crippen LogP contribution in [-0.2, 0) is 11.0 Å². The zero-order chi connectivity index (χ0) is 19.4. The van der Waals surface area contributed by atoms with E-state index < -0.39 is 35.4 Å². The van der Waals surface area contributed by atoms with Gasteiger partial charge in [-0.15, -0.1) is 0 Å². The fourth-order valence-electron chi connectivity index (χ4n) is 2.03. The Kier molecular flexibility index (Phi) is 5.53. The van der Waals surface area contributed by atoms with Gasteiger partial charge in [-0.1, -0.05) is 18.2 Å². The molecule has 2 N–H and O–H groups in total. The third-order valence-corrected chi connectivity index (χ3v) is 3.46. The zero-order valence-corrected chi connectivity index (χ0v) is 13.7. The van der Waals surface area contributed by atoms with Crippen molar-refractivity contribution in [3.8, 4) is 11.8 Å². The topological polar surface area (TPSA) is 82.3 Å². The van der Waals surface area contributed by atoms with E-state index in [9.17, 15) is 23.1 Å². The number of carbonyl (C=O) groups excluding carboxylic acids is 1. The van der Waals surface area contributed by atoms with Gasteiger partial charge in [0, 0.05) is 5.69 Å². The normalized spacial score (nSPS) is 13.4. The van der Waals surface area contributed by atoms with E-state index in [2.05, 4.69) is 5.32 Å². The largest absolute Gasteiger partial charge is 0.490 e. The van der Waals surface area contributed by atoms with Gasteiger partial charge in [-0.3, -0.25) is 4.79 Å². The molecule has 1 unspecified atom stereocenters. The number of nitrogens with zero attached hydrogens (tertiary/aromatic N) is 1. The van der Waals surface area contributed by atoms with Crippen molar-refractivity contribution in [1.29, 1.82) is 5.26 Å². The van der Waals surface area contributed by atoms with Crippen molar-refractivity contribution in [1.82, 2.24) is 0 Å². The molecule has 0 saturated heterocycles. The Balaban J connectivity index is 2.12. The van der Waals surface area contributed by atoms with E-state index in [0.717, 1.165) is 12.1 Å². The summed E-state index contributed by atoms with van der Waals surface area (Å²) in [6, 6.07) is 12.6. The molecule has 2 aromatic rings. The summed E-state index contributed by atoms with van der Waals surface area (Å²) >= 11 is 0. The monoisotopic (exact) mass is 364 g/mol. The van der Waals surface area contributed by atoms with Crippen LogP contribution in [0.4, 0.5) is 18.9 Å². The fraction of sp³-hybridized carbons (Fsp3) is 0.222. The lowest BCUT2D eigenvalue weighted by Crippen LogP contribution is -2.45. The molecule has 26 heavy (non-hydrogen) atoms. The van der Waals surface area contributed by atoms with Crippen LogP contribution in [0, 0.1) is 11.3 Å². The Morgan fingerprint density at radius 3 is 2.46 bits per heavy atom. The third kappa shape index (κ3) is 4.74. The predicted molar refractivity (Wildman–Crippen MR) is 87.3 cm³/mol. The number of aliphatic hydroxyl groups is 1. The van der Waals surface area contributed by atoms with Crippen LogP contribution in [0.25, 0.3) is 0 Å². The number of amides is 1. The van der Waals surface area contributed by atoms with Gasteiger partial charge in [0.1, 0.15) is 12.4 Å². The van der Waals surface area contributed by atoms with Crippen molar-refractivity contribution >= 4 is 11.6 Å². The van der Waals surface area contributed by atoms with Gasteiger partial charge in [0.25, 0.3) is 5.91 Å². The molecule has 8 heteroatoms. The van der Waals surface area contributed by atoms with Crippen LogP contribution in [0.15, 0.2) is 48.5 Å². The minimum absolute atomic E-state index is 0.193. The molecule has 0 heterocycles. The molecule has 0 radical (unpaired) electrons. The Hall–Kier alpha value is -3.05. The van der Waals surface area contributed by atoms with Gasteiger partial charge in [-0.05, 0) is 37.3 Å². The van der Waals surface area contributed by atoms with Gasteiger partial charge < -0.3 is 15.2 Å². The average Bonchev–Trinajstić information content (AvgIpc) is 2.60. The number of nitrogens with one attached hydrogen (secondary N) is 1. The lowest BCUT2D eigenvalue weighted by molar-refractivity contribution is -0.138. The van der Waals surface area contributed by atoms with E-state index in [4.69, 9.17) is 10.00 Å². The molecule has 0 aromatic heterocycles. The van der Waals surface area contributed by atoms with Gasteiger partial charge in [-0.25, -0.2) is 0 Å². The lowest BCUT2D eigenvalue weighted by Gasteiger charge is -2.23. The smallest absolute Gasteiger partial charge is 0.417 e. The molecular weight excluding hydrogens is 349 g/mol. The van der Waals surface area contributed by atoms with Crippen LogP contribution in [0.1, 0.15) is 18.1 Å². The second-order valence-electron chi connectivity index (χ2n) is 5.70. The quantitative estimate of drug-likeness (QED) is 0.852. The molecular formula is C18H15F3N2O3. The standard InChI is InChI=1S/C18H15F3N2O3/c1-17(25,11-26-14-5-3-2-4-6-14)16(24)23-13-8-7-12(10-22)15(9-13)18(19,20)21/h2-9,25H,11H2,1H3,(H,23,24). The van der Waals surface area contributed by atoms with E-state index in [1.807, 2.05) is 0 Å². The number of nitriles is 1. The van der Waals surface area contributed by atoms with E-state index in [1.165, 1.54) is 13.0 Å². The minimum Gasteiger partial charge on any atom is -0.490 e. The third-order valence-electron chi connectivity index (χ3n) is 3.46. The molecule has 1 amide bonds. The number of ether oxygens (including phenoxy) is 1. The van der Waals surface area contributed by atoms with Crippen molar-refractivity contribution in [2.24, 2.45) is 0 Å². The number of benzene rings is 2. The van der Waals surface area contributed by atoms with Crippen molar-refractivity contribution in [2.45, 2.75) is 18.7 Å². The molecule has 0 fully saturated rings. The van der Waals surface area contributed by atoms with E-state index in [1.54, 1.807) is 30.3 Å². The maximum absolute atomic E-state index is 13.0. The van der Waals surface area contributed by atoms with Gasteiger partial charge in [0.15, 0.2) is 5.60 Å². The Morgan fingerprint density at radius 1 is 1.23 bits per heavy atom. The molecule has 0 aliphatic carbocycles. The summed E-state index contributed by atoms with van der Waals surface area (Å²) in [5.41, 5.74) is -3.91. The van der Waals surface area contributed by atoms with Crippen molar-refractivity contribution in [2.75, 3.05) is 11.9 Å². The zero-order valence-electron chi connectivity index (χ0n) is 13.7. The Morgan fingerprint density at radius 2 is 1.88 bits per heavy atom. The summed E-state index contributed by atoms with van der Waals surface area (Å²) in [6.07, 6.45) is -4.75. The summed E-state index contributed by atoms with van der Waals surface area (Å²) in [4.78, 5) is 12.2. The lowest BCUT2D eigenvalue weighted by atomic mass is 10.1. The molecule has 136 valence electrons. The highest BCUT2D eigenvalue weighted by Gasteiger charge is 2.35. The number of para-hydroxylation sites is 1. The number of rotatable bonds is 5. The van der Waals surface area contributed by atoms with Gasteiger partial charge in [0.05, 0.1) is 17.2 Å². The van der Waals surface area contributed by atoms with Crippen LogP contribution >= 0.6 is 0 Å². The number of hydrogen-bond acceptors (Lipinski definition) is 4. The fourth-order valence-corrected chi connectivity index (χ4v) is 2.03. The van der Waals surface area contributed by atoms with Crippen LogP contribution < -0.4 is 10.1 Å².